The molecule has 0 aliphatic heterocycles. The van der Waals surface area contributed by atoms with Crippen molar-refractivity contribution in [1.82, 2.24) is 0 Å². The van der Waals surface area contributed by atoms with Crippen molar-refractivity contribution >= 4 is 0 Å². The highest BCUT2D eigenvalue weighted by atomic mass is 14.5. The third-order valence-corrected chi connectivity index (χ3v) is 4.66. The van der Waals surface area contributed by atoms with E-state index in [1.165, 1.54) is 116 Å². The molecule has 2 heteroatoms. The maximum atomic E-state index is 5.50. The predicted molar refractivity (Wildman–Crippen MR) is 101 cm³/mol. The summed E-state index contributed by atoms with van der Waals surface area (Å²) in [7, 11) is 0. The molecule has 0 amide bonds. The van der Waals surface area contributed by atoms with Gasteiger partial charge in [0.25, 0.3) is 0 Å². The van der Waals surface area contributed by atoms with Crippen LogP contribution in [-0.4, -0.2) is 13.1 Å². The molecule has 2 nitrogen and oxygen atoms in total. The molecular weight excluding hydrogens is 268 g/mol. The van der Waals surface area contributed by atoms with Gasteiger partial charge in [0.05, 0.1) is 0 Å². The lowest BCUT2D eigenvalue weighted by Crippen LogP contribution is -1.97. The van der Waals surface area contributed by atoms with Crippen LogP contribution in [0.15, 0.2) is 0 Å². The minimum Gasteiger partial charge on any atom is -0.330 e. The van der Waals surface area contributed by atoms with E-state index < -0.39 is 0 Å². The van der Waals surface area contributed by atoms with Crippen LogP contribution in [0.2, 0.25) is 0 Å². The van der Waals surface area contributed by atoms with Gasteiger partial charge < -0.3 is 11.5 Å². The van der Waals surface area contributed by atoms with Gasteiger partial charge in [-0.1, -0.05) is 103 Å². The van der Waals surface area contributed by atoms with Crippen LogP contribution in [0.1, 0.15) is 116 Å². The zero-order chi connectivity index (χ0) is 16.1. The summed E-state index contributed by atoms with van der Waals surface area (Å²) in [5, 5.41) is 0. The summed E-state index contributed by atoms with van der Waals surface area (Å²) in [6, 6.07) is 0. The standard InChI is InChI=1S/C20H44N2/c21-19-17-15-13-11-9-7-5-3-1-2-4-6-8-10-12-14-16-18-20-22/h1-22H2. The van der Waals surface area contributed by atoms with Crippen LogP contribution in [0.5, 0.6) is 0 Å². The Morgan fingerprint density at radius 2 is 0.364 bits per heavy atom. The van der Waals surface area contributed by atoms with Gasteiger partial charge >= 0.3 is 0 Å². The van der Waals surface area contributed by atoms with E-state index in [1.54, 1.807) is 0 Å². The fourth-order valence-corrected chi connectivity index (χ4v) is 3.12. The minimum absolute atomic E-state index is 0.869. The van der Waals surface area contributed by atoms with Gasteiger partial charge in [-0.05, 0) is 25.9 Å². The Bertz CT molecular complexity index is 163. The van der Waals surface area contributed by atoms with E-state index in [0.717, 1.165) is 13.1 Å². The fourth-order valence-electron chi connectivity index (χ4n) is 3.12. The number of rotatable bonds is 19. The number of unbranched alkanes of at least 4 members (excludes halogenated alkanes) is 17. The first-order valence-electron chi connectivity index (χ1n) is 10.3. The Hall–Kier alpha value is -0.0800. The Labute approximate surface area is 140 Å². The SMILES string of the molecule is NCCCCCCCCCCCCCCCCCCCCN. The largest absolute Gasteiger partial charge is 0.330 e. The van der Waals surface area contributed by atoms with E-state index in [0.29, 0.717) is 0 Å². The van der Waals surface area contributed by atoms with Crippen LogP contribution in [0, 0.1) is 0 Å². The summed E-state index contributed by atoms with van der Waals surface area (Å²) < 4.78 is 0. The maximum absolute atomic E-state index is 5.50. The van der Waals surface area contributed by atoms with E-state index in [9.17, 15) is 0 Å². The van der Waals surface area contributed by atoms with Crippen molar-refractivity contribution in [2.45, 2.75) is 116 Å². The molecule has 4 N–H and O–H groups in total. The molecule has 134 valence electrons. The van der Waals surface area contributed by atoms with Gasteiger partial charge in [-0.25, -0.2) is 0 Å². The van der Waals surface area contributed by atoms with E-state index in [1.807, 2.05) is 0 Å². The Morgan fingerprint density at radius 1 is 0.227 bits per heavy atom. The number of nitrogens with two attached hydrogens (primary N) is 2. The molecule has 0 unspecified atom stereocenters. The smallest absolute Gasteiger partial charge is 0.00773 e. The second-order valence-electron chi connectivity index (χ2n) is 6.94. The second kappa shape index (κ2) is 20.9. The van der Waals surface area contributed by atoms with Crippen LogP contribution in [-0.2, 0) is 0 Å². The van der Waals surface area contributed by atoms with Crippen LogP contribution in [0.3, 0.4) is 0 Å². The maximum Gasteiger partial charge on any atom is -0.00773 e. The summed E-state index contributed by atoms with van der Waals surface area (Å²) >= 11 is 0. The molecule has 0 radical (unpaired) electrons. The third-order valence-electron chi connectivity index (χ3n) is 4.66. The zero-order valence-electron chi connectivity index (χ0n) is 15.3. The van der Waals surface area contributed by atoms with Crippen LogP contribution < -0.4 is 11.5 Å². The molecule has 0 aromatic rings. The molecular formula is C20H44N2. The lowest BCUT2D eigenvalue weighted by atomic mass is 10.0. The monoisotopic (exact) mass is 312 g/mol. The quantitative estimate of drug-likeness (QED) is 0.291. The van der Waals surface area contributed by atoms with E-state index >= 15 is 0 Å². The summed E-state index contributed by atoms with van der Waals surface area (Å²) in [5.74, 6) is 0. The highest BCUT2D eigenvalue weighted by Gasteiger charge is 1.94. The lowest BCUT2D eigenvalue weighted by Gasteiger charge is -2.03. The van der Waals surface area contributed by atoms with E-state index in [2.05, 4.69) is 0 Å². The summed E-state index contributed by atoms with van der Waals surface area (Å²) in [5.41, 5.74) is 11.0. The number of hydrogen-bond donors (Lipinski definition) is 2. The predicted octanol–water partition coefficient (Wildman–Crippen LogP) is 5.93. The number of hydrogen-bond acceptors (Lipinski definition) is 2. The molecule has 0 rings (SSSR count). The van der Waals surface area contributed by atoms with Gasteiger partial charge in [0.2, 0.25) is 0 Å². The van der Waals surface area contributed by atoms with Crippen molar-refractivity contribution in [1.29, 1.82) is 0 Å². The average molecular weight is 313 g/mol. The minimum atomic E-state index is 0.869. The zero-order valence-corrected chi connectivity index (χ0v) is 15.3. The summed E-state index contributed by atoms with van der Waals surface area (Å²) in [4.78, 5) is 0. The van der Waals surface area contributed by atoms with E-state index in [4.69, 9.17) is 11.5 Å². The van der Waals surface area contributed by atoms with Gasteiger partial charge in [0, 0.05) is 0 Å². The topological polar surface area (TPSA) is 52.0 Å². The fraction of sp³-hybridized carbons (Fsp3) is 1.00. The second-order valence-corrected chi connectivity index (χ2v) is 6.94. The third kappa shape index (κ3) is 19.9. The first kappa shape index (κ1) is 21.9. The average Bonchev–Trinajstić information content (AvgIpc) is 2.54. The highest BCUT2D eigenvalue weighted by Crippen LogP contribution is 2.14. The first-order chi connectivity index (χ1) is 10.9. The molecule has 0 saturated carbocycles. The van der Waals surface area contributed by atoms with Crippen molar-refractivity contribution in [2.75, 3.05) is 13.1 Å². The lowest BCUT2D eigenvalue weighted by molar-refractivity contribution is 0.524. The molecule has 0 aromatic heterocycles. The van der Waals surface area contributed by atoms with Gasteiger partial charge in [-0.15, -0.1) is 0 Å². The van der Waals surface area contributed by atoms with Gasteiger partial charge in [-0.3, -0.25) is 0 Å². The van der Waals surface area contributed by atoms with Crippen molar-refractivity contribution in [3.63, 3.8) is 0 Å². The molecule has 0 aliphatic rings. The Morgan fingerprint density at radius 3 is 0.500 bits per heavy atom. The van der Waals surface area contributed by atoms with Gasteiger partial charge in [0.15, 0.2) is 0 Å². The summed E-state index contributed by atoms with van der Waals surface area (Å²) in [6.45, 7) is 1.74. The molecule has 0 aliphatic carbocycles. The van der Waals surface area contributed by atoms with Gasteiger partial charge in [0.1, 0.15) is 0 Å². The molecule has 0 atom stereocenters. The van der Waals surface area contributed by atoms with Crippen molar-refractivity contribution in [3.8, 4) is 0 Å². The molecule has 0 fully saturated rings. The molecule has 0 bridgehead atoms. The molecule has 0 saturated heterocycles. The Kier molecular flexibility index (Phi) is 20.8. The van der Waals surface area contributed by atoms with E-state index in [-0.39, 0.29) is 0 Å². The summed E-state index contributed by atoms with van der Waals surface area (Å²) in [6.07, 6.45) is 25.3. The van der Waals surface area contributed by atoms with Gasteiger partial charge in [-0.2, -0.15) is 0 Å². The van der Waals surface area contributed by atoms with Crippen molar-refractivity contribution in [2.24, 2.45) is 11.5 Å². The molecule has 0 heterocycles. The molecule has 0 aromatic carbocycles. The Balaban J connectivity index is 2.91. The van der Waals surface area contributed by atoms with Crippen LogP contribution in [0.4, 0.5) is 0 Å². The normalized spacial score (nSPS) is 11.2. The molecule has 22 heavy (non-hydrogen) atoms. The van der Waals surface area contributed by atoms with Crippen molar-refractivity contribution in [3.05, 3.63) is 0 Å². The highest BCUT2D eigenvalue weighted by molar-refractivity contribution is 4.50. The van der Waals surface area contributed by atoms with Crippen LogP contribution in [0.25, 0.3) is 0 Å². The van der Waals surface area contributed by atoms with Crippen molar-refractivity contribution < 1.29 is 0 Å². The first-order valence-corrected chi connectivity index (χ1v) is 10.3. The molecule has 0 spiro atoms. The van der Waals surface area contributed by atoms with Crippen LogP contribution >= 0.6 is 0 Å².